The third kappa shape index (κ3) is 4.07. The van der Waals surface area contributed by atoms with Crippen LogP contribution >= 0.6 is 23.2 Å². The number of aliphatic hydroxyl groups is 1. The zero-order chi connectivity index (χ0) is 20.5. The van der Waals surface area contributed by atoms with Gasteiger partial charge in [-0.05, 0) is 50.7 Å². The Hall–Kier alpha value is -1.50. The van der Waals surface area contributed by atoms with Crippen LogP contribution in [0.15, 0.2) is 18.2 Å². The summed E-state index contributed by atoms with van der Waals surface area (Å²) in [5.74, 6) is 0.316. The van der Waals surface area contributed by atoms with Crippen LogP contribution in [0.5, 0.6) is 5.75 Å². The largest absolute Gasteiger partial charge is 0.484 e. The Morgan fingerprint density at radius 2 is 1.97 bits per heavy atom. The Bertz CT molecular complexity index is 790. The number of amides is 2. The first kappa shape index (κ1) is 20.8. The van der Waals surface area contributed by atoms with E-state index in [1.165, 1.54) is 0 Å². The zero-order valence-corrected chi connectivity index (χ0v) is 17.7. The molecule has 1 aromatic carbocycles. The van der Waals surface area contributed by atoms with Gasteiger partial charge in [-0.1, -0.05) is 23.2 Å². The molecule has 3 fully saturated rings. The average molecular weight is 441 g/mol. The van der Waals surface area contributed by atoms with Crippen LogP contribution in [0.25, 0.3) is 0 Å². The molecule has 2 amide bonds. The summed E-state index contributed by atoms with van der Waals surface area (Å²) in [6.07, 6.45) is 5.35. The lowest BCUT2D eigenvalue weighted by molar-refractivity contribution is -0.142. The normalized spacial score (nSPS) is 28.7. The molecule has 3 saturated heterocycles. The van der Waals surface area contributed by atoms with Gasteiger partial charge in [-0.3, -0.25) is 9.59 Å². The highest BCUT2D eigenvalue weighted by Gasteiger charge is 2.52. The molecule has 0 aliphatic carbocycles. The van der Waals surface area contributed by atoms with Crippen LogP contribution in [0.3, 0.4) is 0 Å². The van der Waals surface area contributed by atoms with Crippen molar-refractivity contribution in [2.24, 2.45) is 5.92 Å². The molecule has 3 aliphatic rings. The highest BCUT2D eigenvalue weighted by atomic mass is 35.5. The number of hydrogen-bond acceptors (Lipinski definition) is 4. The molecule has 3 heterocycles. The van der Waals surface area contributed by atoms with Crippen LogP contribution in [-0.2, 0) is 9.59 Å². The lowest BCUT2D eigenvalue weighted by Crippen LogP contribution is -2.50. The number of carbonyl (C=O) groups excluding carboxylic acids is 2. The van der Waals surface area contributed by atoms with Crippen molar-refractivity contribution in [1.82, 2.24) is 9.80 Å². The molecule has 0 spiro atoms. The number of aliphatic hydroxyl groups excluding tert-OH is 1. The van der Waals surface area contributed by atoms with E-state index in [4.69, 9.17) is 27.9 Å². The standard InChI is InChI=1S/C21H26Cl2N2O4/c22-17-6-5-15(10-18(17)23)29-12-20(27)25-13-4-7-19(25)16(9-13)21(28)24-8-2-1-3-14(24)11-26/h5-6,10,13-14,16,19,26H,1-4,7-9,11-12H2/t13-,14-,16-,19-/m1/s1. The second-order valence-electron chi connectivity index (χ2n) is 8.17. The van der Waals surface area contributed by atoms with Gasteiger partial charge in [0.15, 0.2) is 6.61 Å². The van der Waals surface area contributed by atoms with Gasteiger partial charge in [-0.2, -0.15) is 0 Å². The monoisotopic (exact) mass is 440 g/mol. The van der Waals surface area contributed by atoms with Crippen molar-refractivity contribution >= 4 is 35.0 Å². The minimum Gasteiger partial charge on any atom is -0.484 e. The smallest absolute Gasteiger partial charge is 0.261 e. The Morgan fingerprint density at radius 1 is 1.14 bits per heavy atom. The van der Waals surface area contributed by atoms with E-state index in [-0.39, 0.29) is 49.1 Å². The summed E-state index contributed by atoms with van der Waals surface area (Å²) in [6.45, 7) is 0.619. The van der Waals surface area contributed by atoms with Crippen LogP contribution in [0.1, 0.15) is 38.5 Å². The van der Waals surface area contributed by atoms with Crippen LogP contribution in [-0.4, -0.2) is 64.6 Å². The molecule has 6 nitrogen and oxygen atoms in total. The van der Waals surface area contributed by atoms with Crippen LogP contribution in [0, 0.1) is 5.92 Å². The average Bonchev–Trinajstić information content (AvgIpc) is 3.32. The van der Waals surface area contributed by atoms with Crippen LogP contribution in [0.4, 0.5) is 0 Å². The van der Waals surface area contributed by atoms with E-state index in [0.29, 0.717) is 28.8 Å². The van der Waals surface area contributed by atoms with E-state index in [1.807, 2.05) is 9.80 Å². The molecule has 29 heavy (non-hydrogen) atoms. The van der Waals surface area contributed by atoms with Crippen molar-refractivity contribution in [2.75, 3.05) is 19.8 Å². The molecule has 8 heteroatoms. The second-order valence-corrected chi connectivity index (χ2v) is 8.98. The predicted molar refractivity (Wildman–Crippen MR) is 110 cm³/mol. The number of piperidine rings is 1. The number of ether oxygens (including phenoxy) is 1. The number of likely N-dealkylation sites (tertiary alicyclic amines) is 1. The third-order valence-corrected chi connectivity index (χ3v) is 7.26. The highest BCUT2D eigenvalue weighted by Crippen LogP contribution is 2.43. The molecule has 2 bridgehead atoms. The third-order valence-electron chi connectivity index (χ3n) is 6.52. The van der Waals surface area contributed by atoms with E-state index < -0.39 is 0 Å². The second kappa shape index (κ2) is 8.70. The molecule has 4 atom stereocenters. The minimum absolute atomic E-state index is 0.00664. The van der Waals surface area contributed by atoms with E-state index >= 15 is 0 Å². The Kier molecular flexibility index (Phi) is 6.23. The topological polar surface area (TPSA) is 70.1 Å². The van der Waals surface area contributed by atoms with Crippen molar-refractivity contribution in [3.63, 3.8) is 0 Å². The van der Waals surface area contributed by atoms with E-state index in [2.05, 4.69) is 0 Å². The maximum Gasteiger partial charge on any atom is 0.261 e. The molecule has 0 aromatic heterocycles. The number of nitrogens with zero attached hydrogens (tertiary/aromatic N) is 2. The summed E-state index contributed by atoms with van der Waals surface area (Å²) < 4.78 is 5.62. The molecular weight excluding hydrogens is 415 g/mol. The van der Waals surface area contributed by atoms with Gasteiger partial charge >= 0.3 is 0 Å². The van der Waals surface area contributed by atoms with Crippen LogP contribution in [0.2, 0.25) is 10.0 Å². The first-order valence-electron chi connectivity index (χ1n) is 10.3. The number of fused-ring (bicyclic) bond motifs is 2. The van der Waals surface area contributed by atoms with Gasteiger partial charge < -0.3 is 19.6 Å². The maximum absolute atomic E-state index is 13.2. The molecule has 1 N–H and O–H groups in total. The summed E-state index contributed by atoms with van der Waals surface area (Å²) >= 11 is 11.9. The van der Waals surface area contributed by atoms with Crippen LogP contribution < -0.4 is 4.74 Å². The molecule has 4 rings (SSSR count). The molecular formula is C21H26Cl2N2O4. The van der Waals surface area contributed by atoms with Gasteiger partial charge in [0.25, 0.3) is 5.91 Å². The molecule has 1 aromatic rings. The molecule has 3 aliphatic heterocycles. The Balaban J connectivity index is 1.39. The van der Waals surface area contributed by atoms with Crippen molar-refractivity contribution < 1.29 is 19.4 Å². The first-order chi connectivity index (χ1) is 14.0. The lowest BCUT2D eigenvalue weighted by atomic mass is 9.87. The van der Waals surface area contributed by atoms with E-state index in [9.17, 15) is 14.7 Å². The van der Waals surface area contributed by atoms with Crippen molar-refractivity contribution in [1.29, 1.82) is 0 Å². The van der Waals surface area contributed by atoms with Gasteiger partial charge in [0, 0.05) is 24.7 Å². The fourth-order valence-corrected chi connectivity index (χ4v) is 5.41. The quantitative estimate of drug-likeness (QED) is 0.763. The van der Waals surface area contributed by atoms with Gasteiger partial charge in [0.1, 0.15) is 5.75 Å². The van der Waals surface area contributed by atoms with Gasteiger partial charge in [-0.15, -0.1) is 0 Å². The first-order valence-corrected chi connectivity index (χ1v) is 11.1. The summed E-state index contributed by atoms with van der Waals surface area (Å²) in [6, 6.07) is 4.84. The molecule has 158 valence electrons. The SMILES string of the molecule is O=C([C@@H]1C[C@H]2CC[C@H]1N2C(=O)COc1ccc(Cl)c(Cl)c1)N1CCCC[C@@H]1CO. The predicted octanol–water partition coefficient (Wildman–Crippen LogP) is 3.13. The number of halogens is 2. The Labute approximate surface area is 180 Å². The van der Waals surface area contributed by atoms with E-state index in [1.54, 1.807) is 18.2 Å². The molecule has 0 radical (unpaired) electrons. The van der Waals surface area contributed by atoms with Gasteiger partial charge in [0.05, 0.1) is 28.6 Å². The fraction of sp³-hybridized carbons (Fsp3) is 0.619. The molecule has 0 unspecified atom stereocenters. The number of hydrogen-bond donors (Lipinski definition) is 1. The fourth-order valence-electron chi connectivity index (χ4n) is 5.12. The lowest BCUT2D eigenvalue weighted by Gasteiger charge is -2.37. The van der Waals surface area contributed by atoms with Crippen molar-refractivity contribution in [3.8, 4) is 5.75 Å². The van der Waals surface area contributed by atoms with Gasteiger partial charge in [-0.25, -0.2) is 0 Å². The summed E-state index contributed by atoms with van der Waals surface area (Å²) in [5, 5.41) is 10.5. The number of rotatable bonds is 5. The number of carbonyl (C=O) groups is 2. The zero-order valence-electron chi connectivity index (χ0n) is 16.2. The van der Waals surface area contributed by atoms with Gasteiger partial charge in [0.2, 0.25) is 5.91 Å². The van der Waals surface area contributed by atoms with E-state index in [0.717, 1.165) is 32.1 Å². The summed E-state index contributed by atoms with van der Waals surface area (Å²) in [5.41, 5.74) is 0. The molecule has 0 saturated carbocycles. The number of benzene rings is 1. The minimum atomic E-state index is -0.171. The summed E-state index contributed by atoms with van der Waals surface area (Å²) in [4.78, 5) is 29.8. The summed E-state index contributed by atoms with van der Waals surface area (Å²) in [7, 11) is 0. The van der Waals surface area contributed by atoms with Crippen molar-refractivity contribution in [3.05, 3.63) is 28.2 Å². The maximum atomic E-state index is 13.2. The van der Waals surface area contributed by atoms with Crippen molar-refractivity contribution in [2.45, 2.75) is 56.7 Å². The highest BCUT2D eigenvalue weighted by molar-refractivity contribution is 6.42. The Morgan fingerprint density at radius 3 is 2.72 bits per heavy atom.